The molecule has 0 bridgehead atoms. The van der Waals surface area contributed by atoms with Crippen LogP contribution in [0.5, 0.6) is 0 Å². The number of furan rings is 1. The van der Waals surface area contributed by atoms with Crippen LogP contribution < -0.4 is 9.62 Å². The van der Waals surface area contributed by atoms with E-state index in [2.05, 4.69) is 5.32 Å². The van der Waals surface area contributed by atoms with Gasteiger partial charge in [-0.15, -0.1) is 0 Å². The van der Waals surface area contributed by atoms with Crippen LogP contribution in [0.15, 0.2) is 46.9 Å². The van der Waals surface area contributed by atoms with Crippen LogP contribution in [0.3, 0.4) is 0 Å². The Morgan fingerprint density at radius 1 is 1.00 bits per heavy atom. The second-order valence-corrected chi connectivity index (χ2v) is 12.0. The number of fused-ring (bicyclic) bond motifs is 1. The minimum atomic E-state index is -4.08. The summed E-state index contributed by atoms with van der Waals surface area (Å²) in [5.74, 6) is -0.784. The van der Waals surface area contributed by atoms with E-state index in [0.717, 1.165) is 6.26 Å². The Morgan fingerprint density at radius 2 is 1.60 bits per heavy atom. The van der Waals surface area contributed by atoms with Gasteiger partial charge in [0.1, 0.15) is 17.0 Å². The van der Waals surface area contributed by atoms with Crippen molar-refractivity contribution in [3.8, 4) is 0 Å². The van der Waals surface area contributed by atoms with E-state index in [1.165, 1.54) is 42.5 Å². The number of halogens is 1. The molecular formula is C25H29FN2O6S. The monoisotopic (exact) mass is 504 g/mol. The van der Waals surface area contributed by atoms with Crippen LogP contribution in [0.4, 0.5) is 20.8 Å². The molecule has 1 N–H and O–H groups in total. The number of anilines is 2. The van der Waals surface area contributed by atoms with Crippen molar-refractivity contribution in [3.63, 3.8) is 0 Å². The fourth-order valence-corrected chi connectivity index (χ4v) is 4.15. The molecule has 10 heteroatoms. The summed E-state index contributed by atoms with van der Waals surface area (Å²) in [6, 6.07) is 9.30. The summed E-state index contributed by atoms with van der Waals surface area (Å²) in [5, 5.41) is 3.43. The number of hydrogen-bond donors (Lipinski definition) is 1. The second-order valence-electron chi connectivity index (χ2n) is 10.2. The van der Waals surface area contributed by atoms with E-state index in [-0.39, 0.29) is 28.1 Å². The molecule has 0 aliphatic carbocycles. The van der Waals surface area contributed by atoms with Gasteiger partial charge < -0.3 is 14.5 Å². The second kappa shape index (κ2) is 8.99. The molecule has 1 aromatic heterocycles. The average molecular weight is 505 g/mol. The first kappa shape index (κ1) is 26.2. The maximum absolute atomic E-state index is 13.5. The van der Waals surface area contributed by atoms with Gasteiger partial charge in [0.25, 0.3) is 0 Å². The van der Waals surface area contributed by atoms with Crippen molar-refractivity contribution in [3.05, 3.63) is 59.4 Å². The number of hydrogen-bond acceptors (Lipinski definition) is 7. The van der Waals surface area contributed by atoms with E-state index in [4.69, 9.17) is 9.15 Å². The Balaban J connectivity index is 2.24. The maximum Gasteiger partial charge on any atom is 0.428 e. The molecule has 0 unspecified atom stereocenters. The average Bonchev–Trinajstić information content (AvgIpc) is 3.00. The third kappa shape index (κ3) is 6.19. The molecule has 1 amide bonds. The molecule has 3 rings (SSSR count). The third-order valence-electron chi connectivity index (χ3n) is 4.62. The fraction of sp³-hybridized carbons (Fsp3) is 0.360. The van der Waals surface area contributed by atoms with E-state index in [0.29, 0.717) is 9.89 Å². The van der Waals surface area contributed by atoms with Gasteiger partial charge in [-0.05, 0) is 84.0 Å². The lowest BCUT2D eigenvalue weighted by molar-refractivity contribution is 0.0609. The SMILES string of the molecule is CC(C)(C)Nc1oc2ccc(N(C(=O)OC(C)(C)C)S(C)(=O)=O)cc2c1C(=O)c1ccc(F)cc1. The summed E-state index contributed by atoms with van der Waals surface area (Å²) in [5.41, 5.74) is -0.810. The van der Waals surface area contributed by atoms with Crippen LogP contribution in [-0.2, 0) is 14.8 Å². The molecule has 188 valence electrons. The van der Waals surface area contributed by atoms with E-state index in [1.54, 1.807) is 20.8 Å². The molecule has 1 heterocycles. The minimum absolute atomic E-state index is 0.0227. The minimum Gasteiger partial charge on any atom is -0.443 e. The fourth-order valence-electron chi connectivity index (χ4n) is 3.35. The van der Waals surface area contributed by atoms with Gasteiger partial charge in [-0.1, -0.05) is 0 Å². The van der Waals surface area contributed by atoms with E-state index < -0.39 is 38.9 Å². The molecule has 0 saturated heterocycles. The smallest absolute Gasteiger partial charge is 0.428 e. The zero-order chi connectivity index (χ0) is 26.3. The summed E-state index contributed by atoms with van der Waals surface area (Å²) in [7, 11) is -4.08. The first-order valence-corrected chi connectivity index (χ1v) is 12.7. The van der Waals surface area contributed by atoms with Crippen LogP contribution in [0.2, 0.25) is 0 Å². The predicted molar refractivity (Wildman–Crippen MR) is 133 cm³/mol. The first-order chi connectivity index (χ1) is 16.0. The lowest BCUT2D eigenvalue weighted by Gasteiger charge is -2.25. The van der Waals surface area contributed by atoms with Gasteiger partial charge >= 0.3 is 6.09 Å². The maximum atomic E-state index is 13.5. The van der Waals surface area contributed by atoms with Crippen LogP contribution in [0.25, 0.3) is 11.0 Å². The summed E-state index contributed by atoms with van der Waals surface area (Å²) in [6.45, 7) is 10.5. The van der Waals surface area contributed by atoms with Crippen molar-refractivity contribution in [2.24, 2.45) is 0 Å². The molecule has 0 atom stereocenters. The zero-order valence-corrected chi connectivity index (χ0v) is 21.5. The number of carbonyl (C=O) groups is 2. The van der Waals surface area contributed by atoms with Crippen molar-refractivity contribution >= 4 is 44.4 Å². The number of sulfonamides is 1. The van der Waals surface area contributed by atoms with Crippen molar-refractivity contribution in [1.29, 1.82) is 0 Å². The lowest BCUT2D eigenvalue weighted by atomic mass is 10.0. The summed E-state index contributed by atoms with van der Waals surface area (Å²) >= 11 is 0. The molecule has 0 aliphatic heterocycles. The van der Waals surface area contributed by atoms with Gasteiger partial charge in [-0.25, -0.2) is 17.6 Å². The zero-order valence-electron chi connectivity index (χ0n) is 20.7. The molecule has 3 aromatic rings. The summed E-state index contributed by atoms with van der Waals surface area (Å²) in [6.07, 6.45) is -0.199. The Labute approximate surface area is 204 Å². The van der Waals surface area contributed by atoms with E-state index in [9.17, 15) is 22.4 Å². The molecule has 0 radical (unpaired) electrons. The first-order valence-electron chi connectivity index (χ1n) is 10.8. The van der Waals surface area contributed by atoms with Crippen molar-refractivity contribution < 1.29 is 31.6 Å². The summed E-state index contributed by atoms with van der Waals surface area (Å²) in [4.78, 5) is 26.3. The summed E-state index contributed by atoms with van der Waals surface area (Å²) < 4.78 is 50.3. The largest absolute Gasteiger partial charge is 0.443 e. The molecule has 0 aliphatic rings. The van der Waals surface area contributed by atoms with Crippen LogP contribution in [0, 0.1) is 5.82 Å². The van der Waals surface area contributed by atoms with E-state index in [1.807, 2.05) is 20.8 Å². The highest BCUT2D eigenvalue weighted by Gasteiger charge is 2.32. The van der Waals surface area contributed by atoms with Gasteiger partial charge in [0.2, 0.25) is 15.9 Å². The number of carbonyl (C=O) groups excluding carboxylic acids is 2. The predicted octanol–water partition coefficient (Wildman–Crippen LogP) is 5.71. The van der Waals surface area contributed by atoms with Crippen LogP contribution in [-0.4, -0.2) is 37.7 Å². The van der Waals surface area contributed by atoms with Gasteiger partial charge in [0.05, 0.1) is 17.5 Å². The Morgan fingerprint density at radius 3 is 2.11 bits per heavy atom. The third-order valence-corrected chi connectivity index (χ3v) is 5.64. The number of nitrogens with zero attached hydrogens (tertiary/aromatic N) is 1. The van der Waals surface area contributed by atoms with Crippen molar-refractivity contribution in [2.75, 3.05) is 15.9 Å². The van der Waals surface area contributed by atoms with Crippen LogP contribution >= 0.6 is 0 Å². The van der Waals surface area contributed by atoms with E-state index >= 15 is 0 Å². The van der Waals surface area contributed by atoms with Gasteiger partial charge in [-0.3, -0.25) is 4.79 Å². The highest BCUT2D eigenvalue weighted by Crippen LogP contribution is 2.36. The van der Waals surface area contributed by atoms with Gasteiger partial charge in [0, 0.05) is 16.5 Å². The topological polar surface area (TPSA) is 106 Å². The molecule has 0 spiro atoms. The lowest BCUT2D eigenvalue weighted by Crippen LogP contribution is -2.40. The quantitative estimate of drug-likeness (QED) is 0.443. The molecule has 2 aromatic carbocycles. The number of amides is 1. The van der Waals surface area contributed by atoms with Gasteiger partial charge in [-0.2, -0.15) is 4.31 Å². The highest BCUT2D eigenvalue weighted by molar-refractivity contribution is 7.92. The molecular weight excluding hydrogens is 475 g/mol. The Hall–Kier alpha value is -3.40. The molecule has 0 saturated carbocycles. The number of nitrogens with one attached hydrogen (secondary N) is 1. The van der Waals surface area contributed by atoms with Gasteiger partial charge in [0.15, 0.2) is 5.78 Å². The molecule has 35 heavy (non-hydrogen) atoms. The number of rotatable bonds is 5. The van der Waals surface area contributed by atoms with Crippen LogP contribution in [0.1, 0.15) is 57.5 Å². The normalized spacial score (nSPS) is 12.5. The molecule has 8 nitrogen and oxygen atoms in total. The standard InChI is InChI=1S/C25H29FN2O6S/c1-24(2,3)27-22-20(21(29)15-8-10-16(26)11-9-15)18-14-17(12-13-19(18)33-22)28(35(7,31)32)23(30)34-25(4,5)6/h8-14,27H,1-7H3. The van der Waals surface area contributed by atoms with Crippen molar-refractivity contribution in [1.82, 2.24) is 0 Å². The number of ether oxygens (including phenoxy) is 1. The Bertz CT molecular complexity index is 1380. The number of benzene rings is 2. The molecule has 0 fully saturated rings. The number of ketones is 1. The Kier molecular flexibility index (Phi) is 6.73. The van der Waals surface area contributed by atoms with Crippen molar-refractivity contribution in [2.45, 2.75) is 52.7 Å². The highest BCUT2D eigenvalue weighted by atomic mass is 32.2.